The zero-order valence-electron chi connectivity index (χ0n) is 19.5. The highest BCUT2D eigenvalue weighted by atomic mass is 16.5. The Morgan fingerprint density at radius 1 is 1.06 bits per heavy atom. The predicted molar refractivity (Wildman–Crippen MR) is 133 cm³/mol. The van der Waals surface area contributed by atoms with Crippen LogP contribution in [0.2, 0.25) is 0 Å². The van der Waals surface area contributed by atoms with Crippen LogP contribution in [-0.2, 0) is 22.4 Å². The zero-order chi connectivity index (χ0) is 23.5. The number of hydrogen-bond donors (Lipinski definition) is 1. The van der Waals surface area contributed by atoms with E-state index >= 15 is 0 Å². The van der Waals surface area contributed by atoms with E-state index in [1.807, 2.05) is 55.5 Å². The Hall–Kier alpha value is -3.45. The number of amides is 2. The van der Waals surface area contributed by atoms with Crippen LogP contribution in [0.1, 0.15) is 35.0 Å². The molecule has 2 aromatic carbocycles. The Morgan fingerprint density at radius 2 is 1.82 bits per heavy atom. The Kier molecular flexibility index (Phi) is 6.45. The fraction of sp³-hybridized carbons (Fsp3) is 0.370. The molecule has 2 amide bonds. The second-order valence-corrected chi connectivity index (χ2v) is 8.80. The van der Waals surface area contributed by atoms with Crippen molar-refractivity contribution in [3.8, 4) is 0 Å². The van der Waals surface area contributed by atoms with Gasteiger partial charge in [-0.05, 0) is 62.1 Å². The minimum Gasteiger partial charge on any atom is -0.378 e. The average molecular weight is 459 g/mol. The van der Waals surface area contributed by atoms with E-state index in [9.17, 15) is 9.59 Å². The highest BCUT2D eigenvalue weighted by molar-refractivity contribution is 6.09. The molecule has 2 aliphatic rings. The van der Waals surface area contributed by atoms with Gasteiger partial charge in [-0.3, -0.25) is 14.6 Å². The number of aryl methyl sites for hydroxylation is 1. The van der Waals surface area contributed by atoms with Gasteiger partial charge in [0.05, 0.1) is 24.3 Å². The van der Waals surface area contributed by atoms with Gasteiger partial charge in [-0.1, -0.05) is 18.2 Å². The van der Waals surface area contributed by atoms with Crippen molar-refractivity contribution < 1.29 is 14.3 Å². The molecule has 1 saturated heterocycles. The SMILES string of the molecule is CCN(CC(=O)Nc1ccc(N2CCOCC2)cc1)C(=O)c1c2c(nc3ccccc13)CCC2. The van der Waals surface area contributed by atoms with Crippen LogP contribution in [0.15, 0.2) is 48.5 Å². The van der Waals surface area contributed by atoms with Crippen LogP contribution in [0.3, 0.4) is 0 Å². The number of nitrogens with one attached hydrogen (secondary N) is 1. The van der Waals surface area contributed by atoms with Crippen molar-refractivity contribution in [1.82, 2.24) is 9.88 Å². The smallest absolute Gasteiger partial charge is 0.255 e. The topological polar surface area (TPSA) is 74.8 Å². The second-order valence-electron chi connectivity index (χ2n) is 8.80. The summed E-state index contributed by atoms with van der Waals surface area (Å²) in [4.78, 5) is 35.2. The molecule has 1 N–H and O–H groups in total. The van der Waals surface area contributed by atoms with Crippen LogP contribution in [0.4, 0.5) is 11.4 Å². The van der Waals surface area contributed by atoms with Crippen molar-refractivity contribution in [3.63, 3.8) is 0 Å². The van der Waals surface area contributed by atoms with Crippen molar-refractivity contribution in [1.29, 1.82) is 0 Å². The van der Waals surface area contributed by atoms with E-state index in [1.54, 1.807) is 4.90 Å². The number of likely N-dealkylation sites (N-methyl/N-ethyl adjacent to an activating group) is 1. The van der Waals surface area contributed by atoms with Crippen molar-refractivity contribution in [2.24, 2.45) is 0 Å². The van der Waals surface area contributed by atoms with Gasteiger partial charge in [-0.25, -0.2) is 0 Å². The Bertz CT molecular complexity index is 1200. The van der Waals surface area contributed by atoms with Gasteiger partial charge in [0.25, 0.3) is 5.91 Å². The summed E-state index contributed by atoms with van der Waals surface area (Å²) in [5, 5.41) is 3.81. The summed E-state index contributed by atoms with van der Waals surface area (Å²) in [6, 6.07) is 15.6. The number of pyridine rings is 1. The monoisotopic (exact) mass is 458 g/mol. The minimum atomic E-state index is -0.204. The molecule has 1 aliphatic carbocycles. The van der Waals surface area contributed by atoms with E-state index in [0.717, 1.165) is 79.1 Å². The summed E-state index contributed by atoms with van der Waals surface area (Å²) in [5.74, 6) is -0.304. The number of carbonyl (C=O) groups is 2. The molecule has 5 rings (SSSR count). The van der Waals surface area contributed by atoms with E-state index in [2.05, 4.69) is 10.2 Å². The third-order valence-electron chi connectivity index (χ3n) is 6.66. The number of para-hydroxylation sites is 1. The first-order valence-corrected chi connectivity index (χ1v) is 12.1. The van der Waals surface area contributed by atoms with Crippen molar-refractivity contribution in [2.45, 2.75) is 26.2 Å². The van der Waals surface area contributed by atoms with Gasteiger partial charge < -0.3 is 19.9 Å². The summed E-state index contributed by atoms with van der Waals surface area (Å²) in [6.45, 7) is 5.57. The minimum absolute atomic E-state index is 0.00592. The van der Waals surface area contributed by atoms with Crippen molar-refractivity contribution in [2.75, 3.05) is 49.6 Å². The molecule has 0 spiro atoms. The van der Waals surface area contributed by atoms with Gasteiger partial charge in [0.2, 0.25) is 5.91 Å². The van der Waals surface area contributed by atoms with E-state index in [4.69, 9.17) is 9.72 Å². The maximum absolute atomic E-state index is 13.7. The largest absolute Gasteiger partial charge is 0.378 e. The first kappa shape index (κ1) is 22.3. The molecule has 1 fully saturated rings. The normalized spacial score (nSPS) is 15.3. The number of anilines is 2. The van der Waals surface area contributed by atoms with Crippen LogP contribution in [-0.4, -0.2) is 61.1 Å². The molecule has 7 nitrogen and oxygen atoms in total. The molecule has 0 saturated carbocycles. The van der Waals surface area contributed by atoms with Gasteiger partial charge in [-0.2, -0.15) is 0 Å². The maximum Gasteiger partial charge on any atom is 0.255 e. The first-order valence-electron chi connectivity index (χ1n) is 12.1. The van der Waals surface area contributed by atoms with Crippen LogP contribution in [0.25, 0.3) is 10.9 Å². The van der Waals surface area contributed by atoms with Gasteiger partial charge in [0.15, 0.2) is 0 Å². The van der Waals surface area contributed by atoms with E-state index in [0.29, 0.717) is 12.1 Å². The molecule has 0 bridgehead atoms. The molecule has 0 atom stereocenters. The standard InChI is InChI=1S/C27H30N4O3/c1-2-30(18-25(32)28-19-10-12-20(13-11-19)31-14-16-34-17-15-31)27(33)26-21-6-3-4-8-23(21)29-24-9-5-7-22(24)26/h3-4,6,8,10-13H,2,5,7,9,14-18H2,1H3,(H,28,32). The third-order valence-corrected chi connectivity index (χ3v) is 6.66. The summed E-state index contributed by atoms with van der Waals surface area (Å²) >= 11 is 0. The van der Waals surface area contributed by atoms with E-state index < -0.39 is 0 Å². The number of carbonyl (C=O) groups excluding carboxylic acids is 2. The fourth-order valence-electron chi connectivity index (χ4n) is 4.89. The lowest BCUT2D eigenvalue weighted by Gasteiger charge is -2.29. The third kappa shape index (κ3) is 4.48. The van der Waals surface area contributed by atoms with Gasteiger partial charge in [-0.15, -0.1) is 0 Å². The van der Waals surface area contributed by atoms with Crippen LogP contribution < -0.4 is 10.2 Å². The number of morpholine rings is 1. The molecule has 34 heavy (non-hydrogen) atoms. The second kappa shape index (κ2) is 9.81. The highest BCUT2D eigenvalue weighted by Gasteiger charge is 2.27. The molecule has 0 radical (unpaired) electrons. The predicted octanol–water partition coefficient (Wildman–Crippen LogP) is 3.66. The van der Waals surface area contributed by atoms with Gasteiger partial charge in [0, 0.05) is 42.1 Å². The molecule has 2 heterocycles. The quantitative estimate of drug-likeness (QED) is 0.610. The molecule has 176 valence electrons. The number of fused-ring (bicyclic) bond motifs is 2. The number of rotatable bonds is 6. The zero-order valence-corrected chi connectivity index (χ0v) is 19.5. The molecule has 1 aliphatic heterocycles. The number of nitrogens with zero attached hydrogens (tertiary/aromatic N) is 3. The number of hydrogen-bond acceptors (Lipinski definition) is 5. The fourth-order valence-corrected chi connectivity index (χ4v) is 4.89. The van der Waals surface area contributed by atoms with E-state index in [1.165, 1.54) is 0 Å². The molecule has 1 aromatic heterocycles. The lowest BCUT2D eigenvalue weighted by molar-refractivity contribution is -0.116. The molecule has 0 unspecified atom stereocenters. The van der Waals surface area contributed by atoms with Crippen molar-refractivity contribution >= 4 is 34.1 Å². The summed E-state index contributed by atoms with van der Waals surface area (Å²) in [5.41, 5.74) is 5.45. The number of aromatic nitrogens is 1. The number of ether oxygens (including phenoxy) is 1. The lowest BCUT2D eigenvalue weighted by Crippen LogP contribution is -2.38. The molecular formula is C27H30N4O3. The summed E-state index contributed by atoms with van der Waals surface area (Å²) in [6.07, 6.45) is 2.76. The summed E-state index contributed by atoms with van der Waals surface area (Å²) < 4.78 is 5.41. The van der Waals surface area contributed by atoms with Gasteiger partial charge in [0.1, 0.15) is 6.54 Å². The first-order chi connectivity index (χ1) is 16.6. The molecule has 7 heteroatoms. The Labute approximate surface area is 199 Å². The lowest BCUT2D eigenvalue weighted by atomic mass is 10.00. The highest BCUT2D eigenvalue weighted by Crippen LogP contribution is 2.31. The van der Waals surface area contributed by atoms with Crippen LogP contribution >= 0.6 is 0 Å². The maximum atomic E-state index is 13.7. The number of benzene rings is 2. The van der Waals surface area contributed by atoms with Crippen LogP contribution in [0, 0.1) is 0 Å². The molecule has 3 aromatic rings. The van der Waals surface area contributed by atoms with Gasteiger partial charge >= 0.3 is 0 Å². The van der Waals surface area contributed by atoms with Crippen molar-refractivity contribution in [3.05, 3.63) is 65.4 Å². The average Bonchev–Trinajstić information content (AvgIpc) is 3.34. The molecular weight excluding hydrogens is 428 g/mol. The Balaban J connectivity index is 1.31. The summed E-state index contributed by atoms with van der Waals surface area (Å²) in [7, 11) is 0. The van der Waals surface area contributed by atoms with Crippen LogP contribution in [0.5, 0.6) is 0 Å². The van der Waals surface area contributed by atoms with E-state index in [-0.39, 0.29) is 18.4 Å². The Morgan fingerprint density at radius 3 is 2.59 bits per heavy atom.